The monoisotopic (exact) mass is 397 g/mol. The highest BCUT2D eigenvalue weighted by atomic mass is 35.5. The number of nitrogens with zero attached hydrogens (tertiary/aromatic N) is 2. The standard InChI is InChI=1S/C23H28ClN3O/c1-4-17(3)16-27-22(18-10-12-20(13-11-18)28-5-2)15-26-23(27)25-14-19-8-6-7-9-21(19)24/h6-13,15,17H,4-5,14,16H2,1-3H3,(H,25,26). The lowest BCUT2D eigenvalue weighted by Gasteiger charge is -2.17. The molecule has 3 rings (SSSR count). The number of aromatic nitrogens is 2. The molecule has 0 aliphatic rings. The van der Waals surface area contributed by atoms with Crippen LogP contribution in [0.5, 0.6) is 5.75 Å². The lowest BCUT2D eigenvalue weighted by Crippen LogP contribution is -2.13. The van der Waals surface area contributed by atoms with Crippen molar-refractivity contribution in [2.24, 2.45) is 5.92 Å². The zero-order valence-corrected chi connectivity index (χ0v) is 17.5. The first kappa shape index (κ1) is 20.3. The molecule has 0 radical (unpaired) electrons. The second-order valence-corrected chi connectivity index (χ2v) is 7.40. The average molecular weight is 398 g/mol. The summed E-state index contributed by atoms with van der Waals surface area (Å²) in [6.07, 6.45) is 3.05. The molecule has 0 aliphatic heterocycles. The summed E-state index contributed by atoms with van der Waals surface area (Å²) < 4.78 is 7.83. The van der Waals surface area contributed by atoms with Gasteiger partial charge in [0.25, 0.3) is 0 Å². The molecule has 2 aromatic carbocycles. The normalized spacial score (nSPS) is 12.0. The quantitative estimate of drug-likeness (QED) is 0.463. The lowest BCUT2D eigenvalue weighted by atomic mass is 10.1. The number of ether oxygens (including phenoxy) is 1. The number of nitrogens with one attached hydrogen (secondary N) is 1. The predicted molar refractivity (Wildman–Crippen MR) is 117 cm³/mol. The zero-order valence-electron chi connectivity index (χ0n) is 16.8. The highest BCUT2D eigenvalue weighted by Crippen LogP contribution is 2.27. The van der Waals surface area contributed by atoms with E-state index >= 15 is 0 Å². The SMILES string of the molecule is CCOc1ccc(-c2cnc(NCc3ccccc3Cl)n2CC(C)CC)cc1. The van der Waals surface area contributed by atoms with E-state index in [-0.39, 0.29) is 0 Å². The molecular formula is C23H28ClN3O. The number of anilines is 1. The second kappa shape index (κ2) is 9.65. The Morgan fingerprint density at radius 3 is 2.54 bits per heavy atom. The molecule has 0 amide bonds. The molecule has 5 heteroatoms. The van der Waals surface area contributed by atoms with Crippen LogP contribution in [-0.4, -0.2) is 16.2 Å². The van der Waals surface area contributed by atoms with Crippen molar-refractivity contribution in [3.05, 3.63) is 65.3 Å². The van der Waals surface area contributed by atoms with Crippen LogP contribution in [0.1, 0.15) is 32.8 Å². The molecule has 0 spiro atoms. The molecule has 1 N–H and O–H groups in total. The van der Waals surface area contributed by atoms with E-state index in [4.69, 9.17) is 16.3 Å². The van der Waals surface area contributed by atoms with Gasteiger partial charge in [-0.25, -0.2) is 4.98 Å². The van der Waals surface area contributed by atoms with Gasteiger partial charge >= 0.3 is 0 Å². The van der Waals surface area contributed by atoms with Gasteiger partial charge < -0.3 is 14.6 Å². The number of benzene rings is 2. The Labute approximate surface area is 172 Å². The summed E-state index contributed by atoms with van der Waals surface area (Å²) in [4.78, 5) is 4.66. The third-order valence-electron chi connectivity index (χ3n) is 4.90. The van der Waals surface area contributed by atoms with E-state index in [1.54, 1.807) is 0 Å². The van der Waals surface area contributed by atoms with Gasteiger partial charge in [-0.3, -0.25) is 0 Å². The Balaban J connectivity index is 1.87. The zero-order chi connectivity index (χ0) is 19.9. The maximum atomic E-state index is 6.30. The summed E-state index contributed by atoms with van der Waals surface area (Å²) in [5.41, 5.74) is 3.29. The Kier molecular flexibility index (Phi) is 6.99. The first-order chi connectivity index (χ1) is 13.6. The minimum Gasteiger partial charge on any atom is -0.494 e. The predicted octanol–water partition coefficient (Wildman–Crippen LogP) is 6.26. The van der Waals surface area contributed by atoms with Gasteiger partial charge in [0.2, 0.25) is 5.95 Å². The summed E-state index contributed by atoms with van der Waals surface area (Å²) in [5.74, 6) is 2.30. The minimum absolute atomic E-state index is 0.552. The fourth-order valence-electron chi connectivity index (χ4n) is 3.08. The topological polar surface area (TPSA) is 39.1 Å². The van der Waals surface area contributed by atoms with E-state index < -0.39 is 0 Å². The van der Waals surface area contributed by atoms with Crippen molar-refractivity contribution < 1.29 is 4.74 Å². The number of hydrogen-bond acceptors (Lipinski definition) is 3. The molecule has 3 aromatic rings. The van der Waals surface area contributed by atoms with Crippen LogP contribution in [0.25, 0.3) is 11.3 Å². The fourth-order valence-corrected chi connectivity index (χ4v) is 3.28. The lowest BCUT2D eigenvalue weighted by molar-refractivity contribution is 0.340. The molecule has 0 aliphatic carbocycles. The Morgan fingerprint density at radius 2 is 1.86 bits per heavy atom. The molecule has 0 saturated carbocycles. The van der Waals surface area contributed by atoms with Crippen LogP contribution < -0.4 is 10.1 Å². The largest absolute Gasteiger partial charge is 0.494 e. The Hall–Kier alpha value is -2.46. The molecule has 148 valence electrons. The van der Waals surface area contributed by atoms with Crippen molar-refractivity contribution in [3.8, 4) is 17.0 Å². The van der Waals surface area contributed by atoms with Crippen molar-refractivity contribution >= 4 is 17.5 Å². The average Bonchev–Trinajstić information content (AvgIpc) is 3.10. The van der Waals surface area contributed by atoms with Crippen LogP contribution in [-0.2, 0) is 13.1 Å². The number of halogens is 1. The second-order valence-electron chi connectivity index (χ2n) is 6.99. The van der Waals surface area contributed by atoms with Gasteiger partial charge in [0.1, 0.15) is 5.75 Å². The summed E-state index contributed by atoms with van der Waals surface area (Å²) in [7, 11) is 0. The van der Waals surface area contributed by atoms with Crippen LogP contribution in [0.3, 0.4) is 0 Å². The minimum atomic E-state index is 0.552. The molecule has 1 atom stereocenters. The Morgan fingerprint density at radius 1 is 1.11 bits per heavy atom. The third kappa shape index (κ3) is 4.87. The highest BCUT2D eigenvalue weighted by molar-refractivity contribution is 6.31. The molecule has 0 saturated heterocycles. The number of imidazole rings is 1. The van der Waals surface area contributed by atoms with Crippen LogP contribution in [0.15, 0.2) is 54.7 Å². The van der Waals surface area contributed by atoms with Crippen molar-refractivity contribution in [1.29, 1.82) is 0 Å². The molecule has 28 heavy (non-hydrogen) atoms. The first-order valence-corrected chi connectivity index (χ1v) is 10.3. The van der Waals surface area contributed by atoms with E-state index in [1.165, 1.54) is 0 Å². The number of rotatable bonds is 9. The van der Waals surface area contributed by atoms with E-state index in [9.17, 15) is 0 Å². The van der Waals surface area contributed by atoms with Crippen LogP contribution >= 0.6 is 11.6 Å². The smallest absolute Gasteiger partial charge is 0.203 e. The van der Waals surface area contributed by atoms with Crippen LogP contribution in [0, 0.1) is 5.92 Å². The van der Waals surface area contributed by atoms with Gasteiger partial charge in [0.15, 0.2) is 0 Å². The maximum Gasteiger partial charge on any atom is 0.203 e. The van der Waals surface area contributed by atoms with Gasteiger partial charge in [-0.1, -0.05) is 50.1 Å². The van der Waals surface area contributed by atoms with Crippen LogP contribution in [0.4, 0.5) is 5.95 Å². The molecule has 1 aromatic heterocycles. The van der Waals surface area contributed by atoms with Gasteiger partial charge in [-0.05, 0) is 48.7 Å². The third-order valence-corrected chi connectivity index (χ3v) is 5.27. The molecule has 0 bridgehead atoms. The first-order valence-electron chi connectivity index (χ1n) is 9.88. The van der Waals surface area contributed by atoms with Crippen molar-refractivity contribution in [2.75, 3.05) is 11.9 Å². The van der Waals surface area contributed by atoms with E-state index in [0.717, 1.165) is 46.5 Å². The van der Waals surface area contributed by atoms with Gasteiger partial charge in [0.05, 0.1) is 18.5 Å². The fraction of sp³-hybridized carbons (Fsp3) is 0.348. The molecule has 1 heterocycles. The van der Waals surface area contributed by atoms with E-state index in [0.29, 0.717) is 19.1 Å². The molecule has 1 unspecified atom stereocenters. The van der Waals surface area contributed by atoms with Crippen molar-refractivity contribution in [2.45, 2.75) is 40.3 Å². The van der Waals surface area contributed by atoms with Crippen molar-refractivity contribution in [3.63, 3.8) is 0 Å². The highest BCUT2D eigenvalue weighted by Gasteiger charge is 2.14. The van der Waals surface area contributed by atoms with Gasteiger partial charge in [-0.15, -0.1) is 0 Å². The summed E-state index contributed by atoms with van der Waals surface area (Å²) >= 11 is 6.30. The number of hydrogen-bond donors (Lipinski definition) is 1. The summed E-state index contributed by atoms with van der Waals surface area (Å²) in [6.45, 7) is 8.69. The molecular weight excluding hydrogens is 370 g/mol. The molecule has 0 fully saturated rings. The van der Waals surface area contributed by atoms with E-state index in [1.807, 2.05) is 49.5 Å². The maximum absolute atomic E-state index is 6.30. The Bertz CT molecular complexity index is 889. The summed E-state index contributed by atoms with van der Waals surface area (Å²) in [6, 6.07) is 16.1. The van der Waals surface area contributed by atoms with Crippen molar-refractivity contribution in [1.82, 2.24) is 9.55 Å². The molecule has 4 nitrogen and oxygen atoms in total. The van der Waals surface area contributed by atoms with Gasteiger partial charge in [-0.2, -0.15) is 0 Å². The van der Waals surface area contributed by atoms with Crippen LogP contribution in [0.2, 0.25) is 5.02 Å². The van der Waals surface area contributed by atoms with Gasteiger partial charge in [0, 0.05) is 23.7 Å². The van der Waals surface area contributed by atoms with E-state index in [2.05, 4.69) is 40.8 Å². The summed E-state index contributed by atoms with van der Waals surface area (Å²) in [5, 5.41) is 4.23.